The number of fused-ring (bicyclic) bond motifs is 1. The predicted molar refractivity (Wildman–Crippen MR) is 115 cm³/mol. The Morgan fingerprint density at radius 2 is 2.10 bits per heavy atom. The Labute approximate surface area is 181 Å². The van der Waals surface area contributed by atoms with Crippen LogP contribution in [0.15, 0.2) is 54.3 Å². The minimum Gasteiger partial charge on any atom is -0.350 e. The maximum absolute atomic E-state index is 12.5. The number of alkyl halides is 2. The van der Waals surface area contributed by atoms with E-state index in [4.69, 9.17) is 4.98 Å². The number of nitrogens with one attached hydrogen (secondary N) is 2. The molecule has 1 amide bonds. The zero-order valence-corrected chi connectivity index (χ0v) is 17.4. The van der Waals surface area contributed by atoms with Crippen LogP contribution in [0.1, 0.15) is 17.3 Å². The monoisotopic (exact) mass is 442 g/mol. The predicted octanol–water partition coefficient (Wildman–Crippen LogP) is 3.49. The van der Waals surface area contributed by atoms with Crippen molar-refractivity contribution in [2.45, 2.75) is 19.4 Å². The van der Waals surface area contributed by atoms with E-state index in [1.54, 1.807) is 47.3 Å². The van der Waals surface area contributed by atoms with Crippen molar-refractivity contribution in [1.29, 1.82) is 0 Å². The molecule has 0 fully saturated rings. The van der Waals surface area contributed by atoms with Crippen LogP contribution in [0.4, 0.5) is 8.78 Å². The number of hydrogen-bond donors (Lipinski definition) is 2. The lowest BCUT2D eigenvalue weighted by Crippen LogP contribution is -2.40. The van der Waals surface area contributed by atoms with Gasteiger partial charge < -0.3 is 10.6 Å². The summed E-state index contributed by atoms with van der Waals surface area (Å²) in [6.45, 7) is 1.55. The molecule has 0 bridgehead atoms. The number of rotatable bonds is 8. The number of hydrogen-bond acceptors (Lipinski definition) is 6. The van der Waals surface area contributed by atoms with Crippen LogP contribution in [0.2, 0.25) is 0 Å². The second-order valence-electron chi connectivity index (χ2n) is 6.96. The molecule has 0 aliphatic carbocycles. The largest absolute Gasteiger partial charge is 0.350 e. The van der Waals surface area contributed by atoms with Crippen LogP contribution in [-0.2, 0) is 0 Å². The molecular formula is C21H20F2N6OS. The summed E-state index contributed by atoms with van der Waals surface area (Å²) in [4.78, 5) is 22.7. The third-order valence-corrected chi connectivity index (χ3v) is 5.52. The van der Waals surface area contributed by atoms with E-state index in [1.165, 1.54) is 0 Å². The second-order valence-corrected chi connectivity index (χ2v) is 7.90. The Morgan fingerprint density at radius 3 is 2.87 bits per heavy atom. The van der Waals surface area contributed by atoms with Crippen molar-refractivity contribution in [3.8, 4) is 21.8 Å². The quantitative estimate of drug-likeness (QED) is 0.436. The van der Waals surface area contributed by atoms with E-state index >= 15 is 0 Å². The lowest BCUT2D eigenvalue weighted by atomic mass is 10.1. The Morgan fingerprint density at radius 1 is 1.23 bits per heavy atom. The zero-order valence-electron chi connectivity index (χ0n) is 16.6. The average Bonchev–Trinajstić information content (AvgIpc) is 3.45. The van der Waals surface area contributed by atoms with Crippen molar-refractivity contribution >= 4 is 22.9 Å². The van der Waals surface area contributed by atoms with Gasteiger partial charge in [-0.3, -0.25) is 9.78 Å². The van der Waals surface area contributed by atoms with Gasteiger partial charge in [-0.25, -0.2) is 18.3 Å². The number of aromatic nitrogens is 4. The highest BCUT2D eigenvalue weighted by atomic mass is 32.1. The van der Waals surface area contributed by atoms with Crippen LogP contribution in [0.25, 0.3) is 27.5 Å². The molecule has 0 aliphatic rings. The summed E-state index contributed by atoms with van der Waals surface area (Å²) in [5, 5.41) is 11.7. The highest BCUT2D eigenvalue weighted by Gasteiger charge is 2.15. The van der Waals surface area contributed by atoms with Crippen molar-refractivity contribution in [1.82, 2.24) is 30.2 Å². The third kappa shape index (κ3) is 4.92. The van der Waals surface area contributed by atoms with Gasteiger partial charge in [0.25, 0.3) is 12.3 Å². The summed E-state index contributed by atoms with van der Waals surface area (Å²) < 4.78 is 26.2. The number of thiophene rings is 1. The molecule has 4 aromatic rings. The molecule has 0 saturated heterocycles. The zero-order chi connectivity index (χ0) is 21.8. The fourth-order valence-corrected chi connectivity index (χ4v) is 3.74. The molecule has 10 heteroatoms. The van der Waals surface area contributed by atoms with Crippen LogP contribution in [0.5, 0.6) is 0 Å². The molecule has 160 valence electrons. The van der Waals surface area contributed by atoms with E-state index in [2.05, 4.69) is 20.7 Å². The molecule has 0 aromatic carbocycles. The number of pyridine rings is 1. The summed E-state index contributed by atoms with van der Waals surface area (Å²) in [7, 11) is 0. The van der Waals surface area contributed by atoms with E-state index in [1.807, 2.05) is 29.8 Å². The maximum atomic E-state index is 12.5. The Bertz CT molecular complexity index is 1180. The van der Waals surface area contributed by atoms with Gasteiger partial charge in [0.2, 0.25) is 0 Å². The molecule has 1 atom stereocenters. The van der Waals surface area contributed by atoms with Crippen LogP contribution < -0.4 is 10.6 Å². The molecule has 7 nitrogen and oxygen atoms in total. The lowest BCUT2D eigenvalue weighted by molar-refractivity contribution is 0.0948. The summed E-state index contributed by atoms with van der Waals surface area (Å²) in [6.07, 6.45) is 2.63. The Kier molecular flexibility index (Phi) is 6.28. The van der Waals surface area contributed by atoms with Crippen molar-refractivity contribution in [3.63, 3.8) is 0 Å². The molecule has 0 aliphatic heterocycles. The van der Waals surface area contributed by atoms with Crippen LogP contribution in [-0.4, -0.2) is 51.0 Å². The van der Waals surface area contributed by atoms with Gasteiger partial charge in [-0.1, -0.05) is 6.07 Å². The van der Waals surface area contributed by atoms with Gasteiger partial charge in [-0.15, -0.1) is 11.3 Å². The number of nitrogens with zero attached hydrogens (tertiary/aromatic N) is 4. The van der Waals surface area contributed by atoms with Crippen molar-refractivity contribution in [2.24, 2.45) is 0 Å². The SMILES string of the molecule is CC(CNC(=O)c1ccnc(-c2cnn3ccc(-c4cccs4)nc23)c1)NCC(F)F. The van der Waals surface area contributed by atoms with E-state index in [9.17, 15) is 13.6 Å². The van der Waals surface area contributed by atoms with E-state index < -0.39 is 13.0 Å². The summed E-state index contributed by atoms with van der Waals surface area (Å²) in [5.74, 6) is -0.307. The molecule has 0 spiro atoms. The van der Waals surface area contributed by atoms with Gasteiger partial charge in [-0.05, 0) is 36.6 Å². The Balaban J connectivity index is 1.53. The summed E-state index contributed by atoms with van der Waals surface area (Å²) in [5.41, 5.74) is 3.17. The third-order valence-electron chi connectivity index (χ3n) is 4.63. The van der Waals surface area contributed by atoms with Gasteiger partial charge >= 0.3 is 0 Å². The first-order valence-electron chi connectivity index (χ1n) is 9.65. The minimum absolute atomic E-state index is 0.228. The highest BCUT2D eigenvalue weighted by Crippen LogP contribution is 2.27. The fraction of sp³-hybridized carbons (Fsp3) is 0.238. The molecule has 4 rings (SSSR count). The van der Waals surface area contributed by atoms with Crippen LogP contribution in [0, 0.1) is 0 Å². The first kappa shape index (κ1) is 21.0. The smallest absolute Gasteiger partial charge is 0.251 e. The van der Waals surface area contributed by atoms with Crippen LogP contribution >= 0.6 is 11.3 Å². The number of amides is 1. The van der Waals surface area contributed by atoms with Crippen molar-refractivity contribution in [2.75, 3.05) is 13.1 Å². The molecule has 2 N–H and O–H groups in total. The molecule has 4 aromatic heterocycles. The normalized spacial score (nSPS) is 12.4. The molecule has 1 unspecified atom stereocenters. The average molecular weight is 442 g/mol. The van der Waals surface area contributed by atoms with Gasteiger partial charge in [0.05, 0.1) is 34.6 Å². The van der Waals surface area contributed by atoms with Gasteiger partial charge in [-0.2, -0.15) is 5.10 Å². The van der Waals surface area contributed by atoms with E-state index in [0.717, 1.165) is 10.6 Å². The number of carbonyl (C=O) groups is 1. The van der Waals surface area contributed by atoms with Crippen molar-refractivity contribution < 1.29 is 13.6 Å². The lowest BCUT2D eigenvalue weighted by Gasteiger charge is -2.14. The summed E-state index contributed by atoms with van der Waals surface area (Å²) in [6, 6.07) is 8.86. The first-order valence-corrected chi connectivity index (χ1v) is 10.5. The molecule has 31 heavy (non-hydrogen) atoms. The molecule has 4 heterocycles. The first-order chi connectivity index (χ1) is 15.0. The van der Waals surface area contributed by atoms with Gasteiger partial charge in [0.1, 0.15) is 0 Å². The fourth-order valence-electron chi connectivity index (χ4n) is 3.04. The topological polar surface area (TPSA) is 84.2 Å². The second kappa shape index (κ2) is 9.27. The van der Waals surface area contributed by atoms with Gasteiger partial charge in [0.15, 0.2) is 5.65 Å². The Hall–Kier alpha value is -3.24. The number of carbonyl (C=O) groups excluding carboxylic acids is 1. The summed E-state index contributed by atoms with van der Waals surface area (Å²) >= 11 is 1.60. The van der Waals surface area contributed by atoms with Crippen LogP contribution in [0.3, 0.4) is 0 Å². The molecule has 0 saturated carbocycles. The van der Waals surface area contributed by atoms with Gasteiger partial charge in [0, 0.05) is 30.5 Å². The molecular weight excluding hydrogens is 422 g/mol. The molecule has 0 radical (unpaired) electrons. The maximum Gasteiger partial charge on any atom is 0.251 e. The van der Waals surface area contributed by atoms with E-state index in [-0.39, 0.29) is 18.5 Å². The standard InChI is InChI=1S/C21H20F2N6OS/c1-13(25-12-19(22)23)10-26-21(30)14-4-6-24-17(9-14)15-11-27-29-7-5-16(28-20(15)29)18-3-2-8-31-18/h2-9,11,13,19,25H,10,12H2,1H3,(H,26,30). The highest BCUT2D eigenvalue weighted by molar-refractivity contribution is 7.13. The van der Waals surface area contributed by atoms with E-state index in [0.29, 0.717) is 22.5 Å². The minimum atomic E-state index is -2.43. The van der Waals surface area contributed by atoms with Crippen molar-refractivity contribution in [3.05, 3.63) is 59.9 Å². The number of halogens is 2.